The molecule has 6 heteroatoms. The van der Waals surface area contributed by atoms with Crippen LogP contribution in [0.2, 0.25) is 0 Å². The fourth-order valence-corrected chi connectivity index (χ4v) is 10.3. The quantitative estimate of drug-likeness (QED) is 0.208. The van der Waals surface area contributed by atoms with E-state index in [1.165, 1.54) is 20.7 Å². The van der Waals surface area contributed by atoms with Crippen LogP contribution in [0.1, 0.15) is 20.3 Å². The van der Waals surface area contributed by atoms with Crippen LogP contribution in [0.25, 0.3) is 11.3 Å². The number of aliphatic hydroxyl groups excluding tert-OH is 2. The molecule has 1 aromatic heterocycles. The predicted molar refractivity (Wildman–Crippen MR) is 160 cm³/mol. The van der Waals surface area contributed by atoms with Crippen LogP contribution < -0.4 is 25.5 Å². The summed E-state index contributed by atoms with van der Waals surface area (Å²) in [7, 11) is -2.61. The zero-order chi connectivity index (χ0) is 27.2. The average molecular weight is 723 g/mol. The zero-order valence-electron chi connectivity index (χ0n) is 22.5. The first-order chi connectivity index (χ1) is 19.0. The van der Waals surface area contributed by atoms with Crippen molar-refractivity contribution in [2.24, 2.45) is 0 Å². The normalized spacial score (nSPS) is 14.1. The first-order valence-electron chi connectivity index (χ1n) is 13.2. The Morgan fingerprint density at radius 1 is 0.725 bits per heavy atom. The number of rotatable bonds is 5. The summed E-state index contributed by atoms with van der Waals surface area (Å²) in [4.78, 5) is 4.61. The van der Waals surface area contributed by atoms with Crippen LogP contribution in [0.5, 0.6) is 11.5 Å². The predicted octanol–water partition coefficient (Wildman–Crippen LogP) is 4.17. The number of aliphatic hydroxyl groups is 2. The van der Waals surface area contributed by atoms with Crippen LogP contribution in [0.3, 0.4) is 0 Å². The minimum Gasteiger partial charge on any atom is -0.502 e. The van der Waals surface area contributed by atoms with Crippen LogP contribution in [-0.2, 0) is 20.1 Å². The molecule has 0 saturated heterocycles. The summed E-state index contributed by atoms with van der Waals surface area (Å²) < 4.78 is 6.62. The Labute approximate surface area is 250 Å². The maximum absolute atomic E-state index is 8.56. The molecule has 4 nitrogen and oxygen atoms in total. The van der Waals surface area contributed by atoms with E-state index in [4.69, 9.17) is 14.9 Å². The van der Waals surface area contributed by atoms with E-state index in [0.717, 1.165) is 22.8 Å². The number of fused-ring (bicyclic) bond motifs is 2. The molecule has 40 heavy (non-hydrogen) atoms. The van der Waals surface area contributed by atoms with Crippen LogP contribution in [0, 0.1) is 6.07 Å². The number of hydrogen-bond donors (Lipinski definition) is 2. The molecule has 5 aromatic rings. The maximum Gasteiger partial charge on any atom is 0.169 e. The Kier molecular flexibility index (Phi) is 9.85. The van der Waals surface area contributed by atoms with Crippen molar-refractivity contribution in [2.75, 3.05) is 0 Å². The third kappa shape index (κ3) is 5.87. The van der Waals surface area contributed by atoms with E-state index in [-0.39, 0.29) is 32.3 Å². The Morgan fingerprint density at radius 3 is 1.85 bits per heavy atom. The summed E-state index contributed by atoms with van der Waals surface area (Å²) in [5.74, 6) is 1.78. The fraction of sp³-hybridized carbons (Fsp3) is 0.147. The molecular formula is C34H32IrNO3Si-. The second-order valence-corrected chi connectivity index (χ2v) is 13.6. The molecule has 1 aliphatic rings. The van der Waals surface area contributed by atoms with Crippen molar-refractivity contribution in [3.05, 3.63) is 128 Å². The van der Waals surface area contributed by atoms with E-state index in [0.29, 0.717) is 6.42 Å². The fourth-order valence-electron chi connectivity index (χ4n) is 5.37. The van der Waals surface area contributed by atoms with Gasteiger partial charge in [-0.2, -0.15) is 0 Å². The average Bonchev–Trinajstić information content (AvgIpc) is 2.96. The number of nitrogens with zero attached hydrogens (tertiary/aromatic N) is 1. The van der Waals surface area contributed by atoms with Gasteiger partial charge in [0.15, 0.2) is 8.07 Å². The van der Waals surface area contributed by atoms with Gasteiger partial charge in [-0.1, -0.05) is 102 Å². The van der Waals surface area contributed by atoms with Crippen molar-refractivity contribution < 1.29 is 35.1 Å². The molecule has 0 spiro atoms. The van der Waals surface area contributed by atoms with Gasteiger partial charge in [-0.25, -0.2) is 0 Å². The van der Waals surface area contributed by atoms with Gasteiger partial charge < -0.3 is 19.9 Å². The van der Waals surface area contributed by atoms with Crippen LogP contribution in [0.15, 0.2) is 121 Å². The number of pyridine rings is 1. The molecule has 2 atom stereocenters. The molecule has 0 bridgehead atoms. The molecule has 0 amide bonds. The first-order valence-corrected chi connectivity index (χ1v) is 15.2. The van der Waals surface area contributed by atoms with Crippen molar-refractivity contribution in [2.45, 2.75) is 32.5 Å². The van der Waals surface area contributed by atoms with Gasteiger partial charge in [-0.3, -0.25) is 0 Å². The molecule has 2 unspecified atom stereocenters. The summed E-state index contributed by atoms with van der Waals surface area (Å²) in [6.07, 6.45) is 1.54. The smallest absolute Gasteiger partial charge is 0.169 e. The van der Waals surface area contributed by atoms with Crippen LogP contribution in [-0.4, -0.2) is 35.5 Å². The van der Waals surface area contributed by atoms with Gasteiger partial charge >= 0.3 is 0 Å². The van der Waals surface area contributed by atoms with Gasteiger partial charge in [0.1, 0.15) is 5.75 Å². The molecule has 2 N–H and O–H groups in total. The third-order valence-electron chi connectivity index (χ3n) is 6.87. The summed E-state index contributed by atoms with van der Waals surface area (Å²) in [5.41, 5.74) is 1.77. The third-order valence-corrected chi connectivity index (χ3v) is 11.7. The molecule has 0 aliphatic carbocycles. The SMILES string of the molecule is CC(O)CC(C)O.[Ir].[c-]1ccc2c(c1-c1ccccn1)Oc1ccccc1[Si]2(c1ccccc1)c1ccccc1. The Balaban J connectivity index is 0.000000413. The molecule has 1 radical (unpaired) electrons. The molecular weight excluding hydrogens is 691 g/mol. The molecule has 0 saturated carbocycles. The summed E-state index contributed by atoms with van der Waals surface area (Å²) >= 11 is 0. The number of aromatic nitrogens is 1. The molecule has 0 fully saturated rings. The standard InChI is InChI=1S/C29H20NOSi.C5H12O2.Ir/c1-3-12-22(13-4-1)32(23-14-5-2-6-15-23)27-19-8-7-18-26(27)31-29-24(16-11-20-28(29)32)25-17-9-10-21-30-25;1-4(6)3-5(2)7;/h1-15,17-21H;4-7H,3H2,1-2H3;/q-1;;. The summed E-state index contributed by atoms with van der Waals surface area (Å²) in [6, 6.07) is 43.9. The molecule has 6 rings (SSSR count). The van der Waals surface area contributed by atoms with Crippen LogP contribution >= 0.6 is 0 Å². The van der Waals surface area contributed by atoms with E-state index in [9.17, 15) is 0 Å². The van der Waals surface area contributed by atoms with Crippen molar-refractivity contribution in [3.63, 3.8) is 0 Å². The van der Waals surface area contributed by atoms with Crippen LogP contribution in [0.4, 0.5) is 0 Å². The Bertz CT molecular complexity index is 1470. The molecule has 205 valence electrons. The zero-order valence-corrected chi connectivity index (χ0v) is 25.9. The van der Waals surface area contributed by atoms with E-state index in [1.807, 2.05) is 36.5 Å². The van der Waals surface area contributed by atoms with Gasteiger partial charge in [0.2, 0.25) is 0 Å². The Hall–Kier alpha value is -3.38. The van der Waals surface area contributed by atoms with Gasteiger partial charge in [0, 0.05) is 32.1 Å². The number of ether oxygens (including phenoxy) is 1. The van der Waals surface area contributed by atoms with Gasteiger partial charge in [0.05, 0.1) is 12.2 Å². The molecule has 4 aromatic carbocycles. The number of para-hydroxylation sites is 1. The van der Waals surface area contributed by atoms with Crippen molar-refractivity contribution in [3.8, 4) is 22.8 Å². The maximum atomic E-state index is 8.56. The first kappa shape index (κ1) is 29.6. The second-order valence-electron chi connectivity index (χ2n) is 9.82. The van der Waals surface area contributed by atoms with E-state index in [1.54, 1.807) is 13.8 Å². The van der Waals surface area contributed by atoms with Gasteiger partial charge in [-0.05, 0) is 53.7 Å². The largest absolute Gasteiger partial charge is 0.502 e. The van der Waals surface area contributed by atoms with Crippen molar-refractivity contribution in [1.29, 1.82) is 0 Å². The minimum absolute atomic E-state index is 0. The topological polar surface area (TPSA) is 62.6 Å². The molecule has 2 heterocycles. The van der Waals surface area contributed by atoms with E-state index >= 15 is 0 Å². The van der Waals surface area contributed by atoms with Crippen molar-refractivity contribution >= 4 is 28.8 Å². The van der Waals surface area contributed by atoms with E-state index in [2.05, 4.69) is 96.0 Å². The summed E-state index contributed by atoms with van der Waals surface area (Å²) in [5, 5.41) is 22.3. The van der Waals surface area contributed by atoms with Gasteiger partial charge in [-0.15, -0.1) is 18.2 Å². The van der Waals surface area contributed by atoms with Gasteiger partial charge in [0.25, 0.3) is 0 Å². The minimum atomic E-state index is -2.61. The summed E-state index contributed by atoms with van der Waals surface area (Å²) in [6.45, 7) is 3.32. The van der Waals surface area contributed by atoms with E-state index < -0.39 is 8.07 Å². The van der Waals surface area contributed by atoms with Crippen molar-refractivity contribution in [1.82, 2.24) is 4.98 Å². The number of benzene rings is 4. The monoisotopic (exact) mass is 723 g/mol. The Morgan fingerprint density at radius 2 is 1.30 bits per heavy atom. The second kappa shape index (κ2) is 13.3. The molecule has 1 aliphatic heterocycles. The number of hydrogen-bond acceptors (Lipinski definition) is 4.